The molecule has 0 atom stereocenters. The lowest BCUT2D eigenvalue weighted by molar-refractivity contribution is -0.154. The van der Waals surface area contributed by atoms with E-state index in [-0.39, 0.29) is 6.42 Å². The highest BCUT2D eigenvalue weighted by Gasteiger charge is 2.48. The van der Waals surface area contributed by atoms with Crippen molar-refractivity contribution in [2.24, 2.45) is 0 Å². The molecule has 100 valence electrons. The Balaban J connectivity index is 2.22. The molecule has 0 unspecified atom stereocenters. The number of nitrogens with one attached hydrogen (secondary N) is 2. The van der Waals surface area contributed by atoms with Crippen molar-refractivity contribution < 1.29 is 24.2 Å². The van der Waals surface area contributed by atoms with E-state index in [1.54, 1.807) is 24.3 Å². The molecule has 1 fully saturated rings. The number of barbiturate groups is 1. The van der Waals surface area contributed by atoms with Gasteiger partial charge < -0.3 is 9.84 Å². The number of rotatable bonds is 3. The molecule has 4 amide bonds. The van der Waals surface area contributed by atoms with Gasteiger partial charge in [0, 0.05) is 6.42 Å². The van der Waals surface area contributed by atoms with Crippen LogP contribution in [0.3, 0.4) is 0 Å². The molecule has 7 heteroatoms. The standard InChI is InChI=1S/C12H12N2O5/c1-19-8-4-2-7(3-5-8)6-12(18)9(15)13-11(17)14-10(12)16/h2-5,18H,6H2,1H3,(H2,13,14,15,16,17). The molecule has 1 aromatic carbocycles. The number of urea groups is 1. The Kier molecular flexibility index (Phi) is 3.22. The molecule has 1 heterocycles. The van der Waals surface area contributed by atoms with E-state index in [2.05, 4.69) is 0 Å². The largest absolute Gasteiger partial charge is 0.497 e. The van der Waals surface area contributed by atoms with Crippen LogP contribution in [0.15, 0.2) is 24.3 Å². The Morgan fingerprint density at radius 3 is 2.11 bits per heavy atom. The molecule has 19 heavy (non-hydrogen) atoms. The first-order valence-corrected chi connectivity index (χ1v) is 5.48. The van der Waals surface area contributed by atoms with Crippen molar-refractivity contribution in [2.45, 2.75) is 12.0 Å². The smallest absolute Gasteiger partial charge is 0.328 e. The normalized spacial score (nSPS) is 17.7. The number of hydrogen-bond donors (Lipinski definition) is 3. The summed E-state index contributed by atoms with van der Waals surface area (Å²) in [5, 5.41) is 13.8. The molecule has 3 N–H and O–H groups in total. The minimum atomic E-state index is -2.29. The predicted molar refractivity (Wildman–Crippen MR) is 63.3 cm³/mol. The van der Waals surface area contributed by atoms with Gasteiger partial charge in [-0.05, 0) is 17.7 Å². The van der Waals surface area contributed by atoms with Gasteiger partial charge in [-0.3, -0.25) is 20.2 Å². The van der Waals surface area contributed by atoms with Crippen LogP contribution in [-0.4, -0.2) is 35.7 Å². The molecule has 0 radical (unpaired) electrons. The summed E-state index contributed by atoms with van der Waals surface area (Å²) in [6.45, 7) is 0. The van der Waals surface area contributed by atoms with E-state index in [0.29, 0.717) is 11.3 Å². The first-order valence-electron chi connectivity index (χ1n) is 5.48. The fraction of sp³-hybridized carbons (Fsp3) is 0.250. The second-order valence-corrected chi connectivity index (χ2v) is 4.12. The van der Waals surface area contributed by atoms with Gasteiger partial charge in [-0.2, -0.15) is 0 Å². The van der Waals surface area contributed by atoms with E-state index in [0.717, 1.165) is 0 Å². The molecule has 0 aromatic heterocycles. The number of hydrogen-bond acceptors (Lipinski definition) is 5. The van der Waals surface area contributed by atoms with Crippen molar-refractivity contribution in [3.63, 3.8) is 0 Å². The molecular formula is C12H12N2O5. The summed E-state index contributed by atoms with van der Waals surface area (Å²) in [5.41, 5.74) is -1.73. The first-order chi connectivity index (χ1) is 8.95. The zero-order valence-electron chi connectivity index (χ0n) is 10.1. The van der Waals surface area contributed by atoms with Gasteiger partial charge in [-0.25, -0.2) is 4.79 Å². The van der Waals surface area contributed by atoms with Gasteiger partial charge >= 0.3 is 6.03 Å². The number of amides is 4. The molecule has 0 aliphatic carbocycles. The summed E-state index contributed by atoms with van der Waals surface area (Å²) in [7, 11) is 1.51. The SMILES string of the molecule is COc1ccc(CC2(O)C(=O)NC(=O)NC2=O)cc1. The zero-order chi connectivity index (χ0) is 14.0. The highest BCUT2D eigenvalue weighted by atomic mass is 16.5. The van der Waals surface area contributed by atoms with E-state index in [9.17, 15) is 19.5 Å². The average Bonchev–Trinajstić information content (AvgIpc) is 2.37. The molecule has 7 nitrogen and oxygen atoms in total. The van der Waals surface area contributed by atoms with Crippen LogP contribution >= 0.6 is 0 Å². The number of aliphatic hydroxyl groups is 1. The summed E-state index contributed by atoms with van der Waals surface area (Å²) in [4.78, 5) is 34.1. The third kappa shape index (κ3) is 2.41. The lowest BCUT2D eigenvalue weighted by Crippen LogP contribution is -2.67. The number of benzene rings is 1. The van der Waals surface area contributed by atoms with Gasteiger partial charge in [0.05, 0.1) is 7.11 Å². The summed E-state index contributed by atoms with van der Waals surface area (Å²) in [5.74, 6) is -1.45. The Hall–Kier alpha value is -2.41. The molecule has 0 saturated carbocycles. The molecule has 1 saturated heterocycles. The van der Waals surface area contributed by atoms with Crippen molar-refractivity contribution >= 4 is 17.8 Å². The summed E-state index contributed by atoms with van der Waals surface area (Å²) < 4.78 is 4.97. The topological polar surface area (TPSA) is 105 Å². The Morgan fingerprint density at radius 1 is 1.11 bits per heavy atom. The molecule has 1 aliphatic heterocycles. The van der Waals surface area contributed by atoms with Gasteiger partial charge in [-0.15, -0.1) is 0 Å². The van der Waals surface area contributed by atoms with Crippen LogP contribution in [0.5, 0.6) is 5.75 Å². The van der Waals surface area contributed by atoms with Crippen LogP contribution in [0.2, 0.25) is 0 Å². The fourth-order valence-corrected chi connectivity index (χ4v) is 1.75. The molecule has 2 rings (SSSR count). The van der Waals surface area contributed by atoms with Crippen molar-refractivity contribution in [1.82, 2.24) is 10.6 Å². The molecule has 1 aliphatic rings. The third-order valence-corrected chi connectivity index (χ3v) is 2.82. The minimum absolute atomic E-state index is 0.234. The van der Waals surface area contributed by atoms with Crippen molar-refractivity contribution in [3.05, 3.63) is 29.8 Å². The highest BCUT2D eigenvalue weighted by Crippen LogP contribution is 2.19. The maximum Gasteiger partial charge on any atom is 0.328 e. The monoisotopic (exact) mass is 264 g/mol. The van der Waals surface area contributed by atoms with Gasteiger partial charge in [0.25, 0.3) is 11.8 Å². The third-order valence-electron chi connectivity index (χ3n) is 2.82. The van der Waals surface area contributed by atoms with Gasteiger partial charge in [0.1, 0.15) is 5.75 Å². The summed E-state index contributed by atoms with van der Waals surface area (Å²) in [6, 6.07) is 5.58. The number of imide groups is 2. The number of methoxy groups -OCH3 is 1. The maximum atomic E-state index is 11.6. The van der Waals surface area contributed by atoms with Crippen molar-refractivity contribution in [1.29, 1.82) is 0 Å². The maximum absolute atomic E-state index is 11.6. The molecular weight excluding hydrogens is 252 g/mol. The fourth-order valence-electron chi connectivity index (χ4n) is 1.75. The van der Waals surface area contributed by atoms with Crippen LogP contribution in [0.1, 0.15) is 5.56 Å². The van der Waals surface area contributed by atoms with E-state index < -0.39 is 23.4 Å². The molecule has 1 aromatic rings. The number of carbonyl (C=O) groups is 3. The van der Waals surface area contributed by atoms with Crippen LogP contribution < -0.4 is 15.4 Å². The zero-order valence-corrected chi connectivity index (χ0v) is 10.1. The first kappa shape index (κ1) is 13.0. The highest BCUT2D eigenvalue weighted by molar-refractivity contribution is 6.21. The van der Waals surface area contributed by atoms with Gasteiger partial charge in [-0.1, -0.05) is 12.1 Å². The predicted octanol–water partition coefficient (Wildman–Crippen LogP) is -0.665. The van der Waals surface area contributed by atoms with E-state index in [1.807, 2.05) is 10.6 Å². The van der Waals surface area contributed by atoms with Crippen LogP contribution in [0.25, 0.3) is 0 Å². The van der Waals surface area contributed by atoms with Crippen molar-refractivity contribution in [2.75, 3.05) is 7.11 Å². The lowest BCUT2D eigenvalue weighted by Gasteiger charge is -2.28. The quantitative estimate of drug-likeness (QED) is 0.628. The van der Waals surface area contributed by atoms with Crippen LogP contribution in [0.4, 0.5) is 4.79 Å². The molecule has 0 spiro atoms. The van der Waals surface area contributed by atoms with Crippen LogP contribution in [0, 0.1) is 0 Å². The minimum Gasteiger partial charge on any atom is -0.497 e. The molecule has 0 bridgehead atoms. The number of carbonyl (C=O) groups excluding carboxylic acids is 3. The Labute approximate surface area is 108 Å². The Bertz CT molecular complexity index is 518. The van der Waals surface area contributed by atoms with E-state index in [4.69, 9.17) is 4.74 Å². The Morgan fingerprint density at radius 2 is 1.63 bits per heavy atom. The van der Waals surface area contributed by atoms with Crippen LogP contribution in [-0.2, 0) is 16.0 Å². The second kappa shape index (κ2) is 4.69. The van der Waals surface area contributed by atoms with E-state index >= 15 is 0 Å². The lowest BCUT2D eigenvalue weighted by atomic mass is 9.91. The second-order valence-electron chi connectivity index (χ2n) is 4.12. The van der Waals surface area contributed by atoms with Gasteiger partial charge in [0.15, 0.2) is 0 Å². The number of ether oxygens (including phenoxy) is 1. The van der Waals surface area contributed by atoms with Gasteiger partial charge in [0.2, 0.25) is 5.60 Å². The summed E-state index contributed by atoms with van der Waals surface area (Å²) in [6.07, 6.45) is -0.234. The van der Waals surface area contributed by atoms with Crippen molar-refractivity contribution in [3.8, 4) is 5.75 Å². The summed E-state index contributed by atoms with van der Waals surface area (Å²) >= 11 is 0. The average molecular weight is 264 g/mol. The van der Waals surface area contributed by atoms with E-state index in [1.165, 1.54) is 7.11 Å².